The molecule has 2 heterocycles. The molecule has 0 radical (unpaired) electrons. The predicted molar refractivity (Wildman–Crippen MR) is 61.2 cm³/mol. The van der Waals surface area contributed by atoms with Crippen molar-refractivity contribution in [2.45, 2.75) is 19.9 Å². The highest BCUT2D eigenvalue weighted by molar-refractivity contribution is 7.09. The van der Waals surface area contributed by atoms with Crippen LogP contribution in [0.3, 0.4) is 0 Å². The summed E-state index contributed by atoms with van der Waals surface area (Å²) in [5.41, 5.74) is 0.901. The number of aromatic nitrogens is 2. The van der Waals surface area contributed by atoms with Gasteiger partial charge >= 0.3 is 0 Å². The first-order valence-corrected chi connectivity index (χ1v) is 5.65. The van der Waals surface area contributed by atoms with Crippen molar-refractivity contribution in [2.24, 2.45) is 0 Å². The number of anilines is 1. The van der Waals surface area contributed by atoms with Crippen LogP contribution in [0.5, 0.6) is 0 Å². The van der Waals surface area contributed by atoms with Crippen LogP contribution in [0.2, 0.25) is 5.28 Å². The van der Waals surface area contributed by atoms with Crippen molar-refractivity contribution in [2.75, 3.05) is 5.32 Å². The van der Waals surface area contributed by atoms with Crippen molar-refractivity contribution in [3.8, 4) is 0 Å². The minimum atomic E-state index is 0.291. The van der Waals surface area contributed by atoms with Gasteiger partial charge in [0.25, 0.3) is 0 Å². The lowest BCUT2D eigenvalue weighted by Gasteiger charge is -2.09. The Labute approximate surface area is 91.1 Å². The van der Waals surface area contributed by atoms with Gasteiger partial charge in [-0.1, -0.05) is 0 Å². The van der Waals surface area contributed by atoms with Crippen LogP contribution in [0.15, 0.2) is 10.8 Å². The van der Waals surface area contributed by atoms with Crippen LogP contribution in [-0.2, 0) is 0 Å². The molecule has 0 aliphatic rings. The van der Waals surface area contributed by atoms with E-state index in [0.29, 0.717) is 11.3 Å². The molecule has 5 heteroatoms. The van der Waals surface area contributed by atoms with Crippen molar-refractivity contribution in [3.63, 3.8) is 0 Å². The van der Waals surface area contributed by atoms with Gasteiger partial charge in [-0.15, -0.1) is 11.3 Å². The Kier molecular flexibility index (Phi) is 2.56. The van der Waals surface area contributed by atoms with Crippen molar-refractivity contribution < 1.29 is 0 Å². The van der Waals surface area contributed by atoms with Crippen molar-refractivity contribution >= 4 is 39.7 Å². The van der Waals surface area contributed by atoms with Gasteiger partial charge in [0, 0.05) is 16.8 Å². The molecule has 0 amide bonds. The zero-order valence-corrected chi connectivity index (χ0v) is 9.49. The molecule has 3 nitrogen and oxygen atoms in total. The van der Waals surface area contributed by atoms with Crippen molar-refractivity contribution in [1.82, 2.24) is 9.97 Å². The zero-order valence-electron chi connectivity index (χ0n) is 7.91. The van der Waals surface area contributed by atoms with E-state index in [1.807, 2.05) is 10.8 Å². The summed E-state index contributed by atoms with van der Waals surface area (Å²) in [6, 6.07) is 0.337. The highest BCUT2D eigenvalue weighted by Crippen LogP contribution is 2.25. The maximum Gasteiger partial charge on any atom is 0.224 e. The molecule has 0 saturated heterocycles. The third-order valence-electron chi connectivity index (χ3n) is 1.74. The first-order chi connectivity index (χ1) is 6.66. The third-order valence-corrected chi connectivity index (χ3v) is 2.64. The summed E-state index contributed by atoms with van der Waals surface area (Å²) in [5, 5.41) is 8.56. The Balaban J connectivity index is 2.55. The van der Waals surface area contributed by atoms with Crippen LogP contribution >= 0.6 is 22.9 Å². The molecule has 1 N–H and O–H groups in total. The second kappa shape index (κ2) is 3.71. The molecule has 0 saturated carbocycles. The number of thiophene rings is 1. The van der Waals surface area contributed by atoms with E-state index in [-0.39, 0.29) is 0 Å². The topological polar surface area (TPSA) is 37.8 Å². The predicted octanol–water partition coefficient (Wildman–Crippen LogP) is 3.17. The highest BCUT2D eigenvalue weighted by Gasteiger charge is 2.07. The quantitative estimate of drug-likeness (QED) is 0.801. The molecule has 0 atom stereocenters. The summed E-state index contributed by atoms with van der Waals surface area (Å²) in [7, 11) is 0. The Bertz CT molecular complexity index is 452. The maximum atomic E-state index is 5.81. The minimum Gasteiger partial charge on any atom is -0.367 e. The molecule has 0 spiro atoms. The summed E-state index contributed by atoms with van der Waals surface area (Å²) in [6.07, 6.45) is 0. The molecule has 2 aromatic heterocycles. The molecule has 0 aliphatic carbocycles. The summed E-state index contributed by atoms with van der Waals surface area (Å²) in [4.78, 5) is 8.29. The first kappa shape index (κ1) is 9.68. The second-order valence-corrected chi connectivity index (χ2v) is 4.39. The SMILES string of the molecule is CC(C)Nc1nc(Cl)nc2cscc12. The van der Waals surface area contributed by atoms with E-state index in [0.717, 1.165) is 16.7 Å². The van der Waals surface area contributed by atoms with E-state index in [9.17, 15) is 0 Å². The Hall–Kier alpha value is -0.870. The normalized spacial score (nSPS) is 11.1. The molecule has 0 unspecified atom stereocenters. The summed E-state index contributed by atoms with van der Waals surface area (Å²) >= 11 is 7.41. The van der Waals surface area contributed by atoms with E-state index in [4.69, 9.17) is 11.6 Å². The first-order valence-electron chi connectivity index (χ1n) is 4.33. The van der Waals surface area contributed by atoms with Gasteiger partial charge in [0.15, 0.2) is 0 Å². The lowest BCUT2D eigenvalue weighted by Crippen LogP contribution is -2.11. The van der Waals surface area contributed by atoms with Gasteiger partial charge in [0.1, 0.15) is 5.82 Å². The van der Waals surface area contributed by atoms with Gasteiger partial charge < -0.3 is 5.32 Å². The Morgan fingerprint density at radius 2 is 2.14 bits per heavy atom. The number of hydrogen-bond donors (Lipinski definition) is 1. The van der Waals surface area contributed by atoms with Gasteiger partial charge in [-0.25, -0.2) is 9.97 Å². The number of rotatable bonds is 2. The average molecular weight is 228 g/mol. The Morgan fingerprint density at radius 3 is 2.86 bits per heavy atom. The summed E-state index contributed by atoms with van der Waals surface area (Å²) < 4.78 is 0. The van der Waals surface area contributed by atoms with Crippen LogP contribution in [0.25, 0.3) is 10.9 Å². The molecule has 74 valence electrons. The lowest BCUT2D eigenvalue weighted by molar-refractivity contribution is 0.890. The molecule has 0 aromatic carbocycles. The summed E-state index contributed by atoms with van der Waals surface area (Å²) in [6.45, 7) is 4.13. The average Bonchev–Trinajstić information content (AvgIpc) is 2.50. The Morgan fingerprint density at radius 1 is 1.36 bits per heavy atom. The standard InChI is InChI=1S/C9H10ClN3S/c1-5(2)11-8-6-3-14-4-7(6)12-9(10)13-8/h3-5H,1-2H3,(H,11,12,13). The van der Waals surface area contributed by atoms with E-state index < -0.39 is 0 Å². The van der Waals surface area contributed by atoms with Crippen molar-refractivity contribution in [1.29, 1.82) is 0 Å². The maximum absolute atomic E-state index is 5.81. The van der Waals surface area contributed by atoms with Gasteiger partial charge in [-0.05, 0) is 25.4 Å². The summed E-state index contributed by atoms with van der Waals surface area (Å²) in [5.74, 6) is 0.816. The van der Waals surface area contributed by atoms with Crippen LogP contribution in [0, 0.1) is 0 Å². The van der Waals surface area contributed by atoms with E-state index in [2.05, 4.69) is 29.1 Å². The van der Waals surface area contributed by atoms with Gasteiger partial charge in [0.2, 0.25) is 5.28 Å². The van der Waals surface area contributed by atoms with Crippen LogP contribution in [0.1, 0.15) is 13.8 Å². The minimum absolute atomic E-state index is 0.291. The van der Waals surface area contributed by atoms with Crippen LogP contribution < -0.4 is 5.32 Å². The highest BCUT2D eigenvalue weighted by atomic mass is 35.5. The number of hydrogen-bond acceptors (Lipinski definition) is 4. The molecule has 0 bridgehead atoms. The molecule has 14 heavy (non-hydrogen) atoms. The van der Waals surface area contributed by atoms with Crippen LogP contribution in [-0.4, -0.2) is 16.0 Å². The fraction of sp³-hybridized carbons (Fsp3) is 0.333. The fourth-order valence-electron chi connectivity index (χ4n) is 1.21. The van der Waals surface area contributed by atoms with E-state index in [1.54, 1.807) is 11.3 Å². The van der Waals surface area contributed by atoms with Gasteiger partial charge in [0.05, 0.1) is 10.9 Å². The van der Waals surface area contributed by atoms with Gasteiger partial charge in [-0.3, -0.25) is 0 Å². The molecular weight excluding hydrogens is 218 g/mol. The number of nitrogens with one attached hydrogen (secondary N) is 1. The smallest absolute Gasteiger partial charge is 0.224 e. The van der Waals surface area contributed by atoms with E-state index >= 15 is 0 Å². The largest absolute Gasteiger partial charge is 0.367 e. The number of nitrogens with zero attached hydrogens (tertiary/aromatic N) is 2. The van der Waals surface area contributed by atoms with Gasteiger partial charge in [-0.2, -0.15) is 0 Å². The monoisotopic (exact) mass is 227 g/mol. The third kappa shape index (κ3) is 1.81. The van der Waals surface area contributed by atoms with E-state index in [1.165, 1.54) is 0 Å². The number of fused-ring (bicyclic) bond motifs is 1. The molecule has 2 rings (SSSR count). The molecule has 0 fully saturated rings. The fourth-order valence-corrected chi connectivity index (χ4v) is 2.14. The van der Waals surface area contributed by atoms with Crippen molar-refractivity contribution in [3.05, 3.63) is 16.0 Å². The number of halogens is 1. The molecule has 2 aromatic rings. The lowest BCUT2D eigenvalue weighted by atomic mass is 10.3. The second-order valence-electron chi connectivity index (χ2n) is 3.31. The van der Waals surface area contributed by atoms with Crippen LogP contribution in [0.4, 0.5) is 5.82 Å². The molecular formula is C9H10ClN3S. The molecule has 0 aliphatic heterocycles. The zero-order chi connectivity index (χ0) is 10.1.